The van der Waals surface area contributed by atoms with Crippen molar-refractivity contribution in [3.63, 3.8) is 0 Å². The first kappa shape index (κ1) is 60.6. The van der Waals surface area contributed by atoms with Crippen LogP contribution in [0.2, 0.25) is 0 Å². The van der Waals surface area contributed by atoms with Gasteiger partial charge in [0.25, 0.3) is 0 Å². The van der Waals surface area contributed by atoms with Gasteiger partial charge in [-0.2, -0.15) is 0 Å². The summed E-state index contributed by atoms with van der Waals surface area (Å²) in [6.07, 6.45) is 73.8. The van der Waals surface area contributed by atoms with Gasteiger partial charge in [-0.1, -0.05) is 201 Å². The first-order chi connectivity index (χ1) is 31.6. The van der Waals surface area contributed by atoms with Crippen molar-refractivity contribution in [1.29, 1.82) is 0 Å². The third-order valence-corrected chi connectivity index (χ3v) is 10.8. The molecule has 0 N–H and O–H groups in total. The zero-order chi connectivity index (χ0) is 46.3. The van der Waals surface area contributed by atoms with Crippen LogP contribution in [0.3, 0.4) is 0 Å². The Kier molecular flexibility index (Phi) is 51.0. The van der Waals surface area contributed by atoms with Crippen molar-refractivity contribution in [3.05, 3.63) is 109 Å². The SMILES string of the molecule is CC/C=C\C/C=C\C/C=C\C/C=C\CCCCCCCOCC(COC(=O)CCCCCCC/C=C\C/C=C\C/C=C\CC)OC(=O)CCCCCCC/C=C\C/C=C\CCCCC. The molecule has 5 nitrogen and oxygen atoms in total. The van der Waals surface area contributed by atoms with Gasteiger partial charge in [-0.25, -0.2) is 0 Å². The molecule has 364 valence electrons. The Labute approximate surface area is 395 Å². The third-order valence-electron chi connectivity index (χ3n) is 10.8. The molecule has 0 aromatic heterocycles. The summed E-state index contributed by atoms with van der Waals surface area (Å²) in [5.41, 5.74) is 0. The summed E-state index contributed by atoms with van der Waals surface area (Å²) in [4.78, 5) is 25.4. The molecule has 0 saturated heterocycles. The van der Waals surface area contributed by atoms with E-state index >= 15 is 0 Å². The van der Waals surface area contributed by atoms with E-state index in [0.717, 1.165) is 122 Å². The topological polar surface area (TPSA) is 61.8 Å². The average molecular weight is 887 g/mol. The first-order valence-electron chi connectivity index (χ1n) is 26.4. The molecule has 64 heavy (non-hydrogen) atoms. The zero-order valence-corrected chi connectivity index (χ0v) is 41.8. The lowest BCUT2D eigenvalue weighted by atomic mass is 10.1. The van der Waals surface area contributed by atoms with Gasteiger partial charge < -0.3 is 14.2 Å². The van der Waals surface area contributed by atoms with Gasteiger partial charge >= 0.3 is 11.9 Å². The summed E-state index contributed by atoms with van der Waals surface area (Å²) in [6, 6.07) is 0. The molecule has 0 aliphatic rings. The molecule has 0 bridgehead atoms. The van der Waals surface area contributed by atoms with Crippen LogP contribution in [0.4, 0.5) is 0 Å². The normalized spacial score (nSPS) is 13.1. The molecule has 1 unspecified atom stereocenters. The van der Waals surface area contributed by atoms with Crippen molar-refractivity contribution in [3.8, 4) is 0 Å². The Morgan fingerprint density at radius 2 is 0.703 bits per heavy atom. The van der Waals surface area contributed by atoms with E-state index < -0.39 is 6.10 Å². The number of allylic oxidation sites excluding steroid dienone is 18. The molecule has 0 radical (unpaired) electrons. The Morgan fingerprint density at radius 3 is 1.12 bits per heavy atom. The minimum atomic E-state index is -0.568. The molecule has 5 heteroatoms. The summed E-state index contributed by atoms with van der Waals surface area (Å²) in [6.45, 7) is 7.50. The second-order valence-electron chi connectivity index (χ2n) is 17.0. The third kappa shape index (κ3) is 51.2. The smallest absolute Gasteiger partial charge is 0.306 e. The molecule has 0 aliphatic carbocycles. The van der Waals surface area contributed by atoms with Crippen molar-refractivity contribution in [1.82, 2.24) is 0 Å². The predicted octanol–water partition coefficient (Wildman–Crippen LogP) is 18.0. The van der Waals surface area contributed by atoms with E-state index in [1.54, 1.807) is 0 Å². The molecule has 0 spiro atoms. The average Bonchev–Trinajstić information content (AvgIpc) is 3.30. The largest absolute Gasteiger partial charge is 0.462 e. The summed E-state index contributed by atoms with van der Waals surface area (Å²) < 4.78 is 17.4. The van der Waals surface area contributed by atoms with Gasteiger partial charge in [-0.05, 0) is 122 Å². The van der Waals surface area contributed by atoms with Crippen LogP contribution in [0.5, 0.6) is 0 Å². The maximum atomic E-state index is 12.8. The second-order valence-corrected chi connectivity index (χ2v) is 17.0. The van der Waals surface area contributed by atoms with E-state index in [2.05, 4.69) is 130 Å². The van der Waals surface area contributed by atoms with Crippen LogP contribution in [0.25, 0.3) is 0 Å². The molecule has 0 saturated carbocycles. The Morgan fingerprint density at radius 1 is 0.359 bits per heavy atom. The lowest BCUT2D eigenvalue weighted by Crippen LogP contribution is -2.30. The molecule has 0 amide bonds. The lowest BCUT2D eigenvalue weighted by molar-refractivity contribution is -0.163. The summed E-state index contributed by atoms with van der Waals surface area (Å²) in [5, 5.41) is 0. The molecule has 0 aliphatic heterocycles. The lowest BCUT2D eigenvalue weighted by Gasteiger charge is -2.18. The number of carbonyl (C=O) groups is 2. The molecular weight excluding hydrogens is 789 g/mol. The van der Waals surface area contributed by atoms with Crippen molar-refractivity contribution >= 4 is 11.9 Å². The van der Waals surface area contributed by atoms with Crippen molar-refractivity contribution in [2.75, 3.05) is 19.8 Å². The van der Waals surface area contributed by atoms with E-state index in [0.29, 0.717) is 19.4 Å². The van der Waals surface area contributed by atoms with Crippen LogP contribution in [0.1, 0.15) is 226 Å². The highest BCUT2D eigenvalue weighted by Gasteiger charge is 2.17. The van der Waals surface area contributed by atoms with Crippen LogP contribution in [0.15, 0.2) is 109 Å². The van der Waals surface area contributed by atoms with Crippen LogP contribution < -0.4 is 0 Å². The van der Waals surface area contributed by atoms with Crippen LogP contribution in [0, 0.1) is 0 Å². The van der Waals surface area contributed by atoms with Crippen LogP contribution >= 0.6 is 0 Å². The quantitative estimate of drug-likeness (QED) is 0.0346. The molecule has 0 aromatic carbocycles. The molecule has 0 aromatic rings. The van der Waals surface area contributed by atoms with E-state index in [-0.39, 0.29) is 25.2 Å². The minimum absolute atomic E-state index is 0.0565. The second kappa shape index (κ2) is 53.9. The number of rotatable bonds is 47. The van der Waals surface area contributed by atoms with Gasteiger partial charge in [-0.3, -0.25) is 9.59 Å². The Hall–Kier alpha value is -3.44. The van der Waals surface area contributed by atoms with Crippen molar-refractivity contribution < 1.29 is 23.8 Å². The van der Waals surface area contributed by atoms with Gasteiger partial charge in [0.15, 0.2) is 6.10 Å². The summed E-state index contributed by atoms with van der Waals surface area (Å²) in [5.74, 6) is -0.448. The number of ether oxygens (including phenoxy) is 3. The molecular formula is C59H98O5. The standard InChI is InChI=1S/C59H98O5/c1-4-7-10-13-16-19-22-25-28-29-30-33-36-39-42-45-48-51-54-62-55-57(64-59(61)53-50-47-44-41-38-35-32-27-24-21-18-15-12-9-6-3)56-63-58(60)52-49-46-43-40-37-34-31-26-23-20-17-14-11-8-5-2/h7-8,10-11,16-21,25-28,30-33,57H,4-6,9,12-15,22-24,29,34-56H2,1-3H3/b10-7-,11-8-,19-16-,20-17-,21-18-,28-25-,31-26-,32-27-,33-30-. The number of unbranched alkanes of at least 4 members (excludes halogenated alkanes) is 18. The highest BCUT2D eigenvalue weighted by Crippen LogP contribution is 2.13. The predicted molar refractivity (Wildman–Crippen MR) is 279 cm³/mol. The van der Waals surface area contributed by atoms with Gasteiger partial charge in [0.2, 0.25) is 0 Å². The number of hydrogen-bond acceptors (Lipinski definition) is 5. The summed E-state index contributed by atoms with van der Waals surface area (Å²) >= 11 is 0. The van der Waals surface area contributed by atoms with Gasteiger partial charge in [0.1, 0.15) is 6.61 Å². The number of esters is 2. The van der Waals surface area contributed by atoms with Crippen molar-refractivity contribution in [2.24, 2.45) is 0 Å². The Bertz CT molecular complexity index is 1280. The maximum Gasteiger partial charge on any atom is 0.306 e. The number of carbonyl (C=O) groups excluding carboxylic acids is 2. The molecule has 0 rings (SSSR count). The fraction of sp³-hybridized carbons (Fsp3) is 0.661. The van der Waals surface area contributed by atoms with Gasteiger partial charge in [0.05, 0.1) is 6.61 Å². The maximum absolute atomic E-state index is 12.8. The van der Waals surface area contributed by atoms with Crippen LogP contribution in [-0.4, -0.2) is 37.9 Å². The monoisotopic (exact) mass is 887 g/mol. The van der Waals surface area contributed by atoms with Crippen molar-refractivity contribution in [2.45, 2.75) is 232 Å². The number of hydrogen-bond donors (Lipinski definition) is 0. The molecule has 0 fully saturated rings. The Balaban J connectivity index is 4.38. The molecule has 1 atom stereocenters. The van der Waals surface area contributed by atoms with E-state index in [9.17, 15) is 9.59 Å². The molecule has 0 heterocycles. The zero-order valence-electron chi connectivity index (χ0n) is 41.8. The highest BCUT2D eigenvalue weighted by molar-refractivity contribution is 5.70. The van der Waals surface area contributed by atoms with Gasteiger partial charge in [0, 0.05) is 19.4 Å². The fourth-order valence-corrected chi connectivity index (χ4v) is 6.90. The van der Waals surface area contributed by atoms with Gasteiger partial charge in [-0.15, -0.1) is 0 Å². The van der Waals surface area contributed by atoms with E-state index in [4.69, 9.17) is 14.2 Å². The fourth-order valence-electron chi connectivity index (χ4n) is 6.90. The highest BCUT2D eigenvalue weighted by atomic mass is 16.6. The van der Waals surface area contributed by atoms with Crippen LogP contribution in [-0.2, 0) is 23.8 Å². The summed E-state index contributed by atoms with van der Waals surface area (Å²) in [7, 11) is 0. The van der Waals surface area contributed by atoms with E-state index in [1.165, 1.54) is 70.6 Å². The first-order valence-corrected chi connectivity index (χ1v) is 26.4. The van der Waals surface area contributed by atoms with E-state index in [1.807, 2.05) is 0 Å². The minimum Gasteiger partial charge on any atom is -0.462 e.